The lowest BCUT2D eigenvalue weighted by molar-refractivity contribution is -0.192. The van der Waals surface area contributed by atoms with Gasteiger partial charge in [0.1, 0.15) is 11.4 Å². The number of aliphatic carboxylic acids is 1. The Balaban J connectivity index is 0.000000426. The Morgan fingerprint density at radius 1 is 1.05 bits per heavy atom. The summed E-state index contributed by atoms with van der Waals surface area (Å²) in [7, 11) is 1.50. The lowest BCUT2D eigenvalue weighted by Gasteiger charge is -2.42. The van der Waals surface area contributed by atoms with Crippen molar-refractivity contribution in [3.8, 4) is 0 Å². The van der Waals surface area contributed by atoms with Gasteiger partial charge >= 0.3 is 12.1 Å². The summed E-state index contributed by atoms with van der Waals surface area (Å²) < 4.78 is 45.0. The highest BCUT2D eigenvalue weighted by molar-refractivity contribution is 6.10. The highest BCUT2D eigenvalue weighted by Crippen LogP contribution is 2.51. The largest absolute Gasteiger partial charge is 0.490 e. The molecule has 4 atom stereocenters. The van der Waals surface area contributed by atoms with Crippen LogP contribution in [-0.2, 0) is 25.7 Å². The van der Waals surface area contributed by atoms with Crippen LogP contribution >= 0.6 is 0 Å². The Bertz CT molecular complexity index is 1240. The zero-order valence-corrected chi connectivity index (χ0v) is 20.2. The van der Waals surface area contributed by atoms with Crippen molar-refractivity contribution < 1.29 is 41.8 Å². The fraction of sp³-hybridized carbons (Fsp3) is 0.385. The van der Waals surface area contributed by atoms with Crippen LogP contribution in [0.3, 0.4) is 0 Å². The first-order valence-electron chi connectivity index (χ1n) is 11.8. The van der Waals surface area contributed by atoms with Crippen molar-refractivity contribution in [2.75, 3.05) is 13.6 Å². The van der Waals surface area contributed by atoms with Crippen LogP contribution < -0.4 is 5.32 Å². The van der Waals surface area contributed by atoms with Crippen LogP contribution in [0.1, 0.15) is 30.0 Å². The van der Waals surface area contributed by atoms with Crippen molar-refractivity contribution in [1.29, 1.82) is 0 Å². The van der Waals surface area contributed by atoms with Crippen molar-refractivity contribution in [3.05, 3.63) is 71.5 Å². The van der Waals surface area contributed by atoms with E-state index in [2.05, 4.69) is 5.32 Å². The number of nitrogens with one attached hydrogen (secondary N) is 1. The molecule has 5 rings (SSSR count). The molecule has 0 aliphatic carbocycles. The molecule has 0 bridgehead atoms. The molecule has 3 amide bonds. The number of rotatable bonds is 3. The van der Waals surface area contributed by atoms with Gasteiger partial charge in [0.15, 0.2) is 0 Å². The van der Waals surface area contributed by atoms with Gasteiger partial charge in [-0.25, -0.2) is 9.18 Å². The number of carbonyl (C=O) groups is 4. The molecule has 202 valence electrons. The van der Waals surface area contributed by atoms with E-state index >= 15 is 0 Å². The van der Waals surface area contributed by atoms with Gasteiger partial charge in [0.05, 0.1) is 11.8 Å². The van der Waals surface area contributed by atoms with Gasteiger partial charge in [-0.15, -0.1) is 0 Å². The molecule has 0 radical (unpaired) electrons. The molecule has 8 nitrogen and oxygen atoms in total. The molecule has 12 heteroatoms. The van der Waals surface area contributed by atoms with E-state index in [9.17, 15) is 31.9 Å². The van der Waals surface area contributed by atoms with Gasteiger partial charge < -0.3 is 10.0 Å². The predicted octanol–water partition coefficient (Wildman–Crippen LogP) is 2.90. The molecule has 0 unspecified atom stereocenters. The van der Waals surface area contributed by atoms with Gasteiger partial charge in [0, 0.05) is 26.2 Å². The maximum absolute atomic E-state index is 13.8. The van der Waals surface area contributed by atoms with Crippen LogP contribution in [0.4, 0.5) is 17.6 Å². The summed E-state index contributed by atoms with van der Waals surface area (Å²) in [6, 6.07) is 15.2. The molecule has 3 aliphatic heterocycles. The number of fused-ring (bicyclic) bond motifs is 2. The second-order valence-electron chi connectivity index (χ2n) is 9.50. The molecular formula is C26H25F4N3O5. The summed E-state index contributed by atoms with van der Waals surface area (Å²) in [5.41, 5.74) is 0.613. The molecule has 2 N–H and O–H groups in total. The van der Waals surface area contributed by atoms with Crippen molar-refractivity contribution >= 4 is 23.7 Å². The maximum Gasteiger partial charge on any atom is 0.490 e. The number of benzene rings is 2. The first kappa shape index (κ1) is 27.2. The third kappa shape index (κ3) is 4.87. The molecule has 38 heavy (non-hydrogen) atoms. The Morgan fingerprint density at radius 3 is 2.24 bits per heavy atom. The molecule has 1 spiro atoms. The number of nitrogens with zero attached hydrogens (tertiary/aromatic N) is 2. The number of piperidine rings is 1. The van der Waals surface area contributed by atoms with E-state index < -0.39 is 35.6 Å². The lowest BCUT2D eigenvalue weighted by Crippen LogP contribution is -2.63. The highest BCUT2D eigenvalue weighted by Gasteiger charge is 2.68. The van der Waals surface area contributed by atoms with Crippen LogP contribution in [0.15, 0.2) is 54.6 Å². The number of likely N-dealkylation sites (tertiary alicyclic amines) is 2. The summed E-state index contributed by atoms with van der Waals surface area (Å²) >= 11 is 0. The maximum atomic E-state index is 13.8. The van der Waals surface area contributed by atoms with E-state index in [1.165, 1.54) is 24.1 Å². The van der Waals surface area contributed by atoms with Crippen molar-refractivity contribution in [1.82, 2.24) is 15.1 Å². The number of hydrogen-bond acceptors (Lipinski definition) is 5. The molecule has 2 aromatic rings. The zero-order valence-electron chi connectivity index (χ0n) is 20.2. The van der Waals surface area contributed by atoms with E-state index in [0.29, 0.717) is 19.5 Å². The smallest absolute Gasteiger partial charge is 0.475 e. The van der Waals surface area contributed by atoms with Gasteiger partial charge in [-0.05, 0) is 36.1 Å². The third-order valence-electron chi connectivity index (χ3n) is 7.23. The Morgan fingerprint density at radius 2 is 1.66 bits per heavy atom. The minimum absolute atomic E-state index is 0.159. The van der Waals surface area contributed by atoms with E-state index in [0.717, 1.165) is 17.5 Å². The van der Waals surface area contributed by atoms with E-state index in [1.807, 2.05) is 30.3 Å². The number of carboxylic acids is 1. The summed E-state index contributed by atoms with van der Waals surface area (Å²) in [5.74, 6) is -5.10. The number of hydrogen-bond donors (Lipinski definition) is 2. The highest BCUT2D eigenvalue weighted by atomic mass is 19.4. The van der Waals surface area contributed by atoms with Crippen molar-refractivity contribution in [2.24, 2.45) is 11.8 Å². The summed E-state index contributed by atoms with van der Waals surface area (Å²) in [5, 5.41) is 10.6. The number of alkyl halides is 3. The Hall–Kier alpha value is -3.80. The minimum atomic E-state index is -5.08. The lowest BCUT2D eigenvalue weighted by atomic mass is 9.74. The molecule has 2 aromatic carbocycles. The topological polar surface area (TPSA) is 107 Å². The van der Waals surface area contributed by atoms with E-state index in [4.69, 9.17) is 9.90 Å². The normalized spacial score (nSPS) is 26.9. The number of imide groups is 1. The van der Waals surface area contributed by atoms with Crippen LogP contribution in [-0.4, -0.2) is 63.9 Å². The summed E-state index contributed by atoms with van der Waals surface area (Å²) in [6.07, 6.45) is -3.86. The van der Waals surface area contributed by atoms with Gasteiger partial charge in [0.2, 0.25) is 17.7 Å². The average molecular weight is 535 g/mol. The molecule has 3 aliphatic rings. The van der Waals surface area contributed by atoms with E-state index in [-0.39, 0.29) is 23.5 Å². The van der Waals surface area contributed by atoms with Crippen LogP contribution in [0.25, 0.3) is 0 Å². The zero-order chi connectivity index (χ0) is 27.8. The molecule has 0 saturated carbocycles. The minimum Gasteiger partial charge on any atom is -0.475 e. The Labute approximate surface area is 215 Å². The van der Waals surface area contributed by atoms with Gasteiger partial charge in [-0.3, -0.25) is 24.6 Å². The van der Waals surface area contributed by atoms with E-state index in [1.54, 1.807) is 17.0 Å². The molecule has 3 fully saturated rings. The SMILES string of the molecule is CN1C(=O)[C@H]2[C@@H](c3ccccc3)N[C@]3(CCCN(Cc4ccc(F)cc4)C3=O)[C@H]2C1=O.O=C(O)C(F)(F)F. The van der Waals surface area contributed by atoms with Crippen LogP contribution in [0.5, 0.6) is 0 Å². The monoisotopic (exact) mass is 535 g/mol. The Kier molecular flexibility index (Phi) is 7.29. The molecule has 3 saturated heterocycles. The van der Waals surface area contributed by atoms with Gasteiger partial charge in [-0.1, -0.05) is 42.5 Å². The summed E-state index contributed by atoms with van der Waals surface area (Å²) in [4.78, 5) is 51.8. The van der Waals surface area contributed by atoms with Crippen LogP contribution in [0.2, 0.25) is 0 Å². The molecule has 3 heterocycles. The number of amides is 3. The van der Waals surface area contributed by atoms with Crippen LogP contribution in [0, 0.1) is 17.7 Å². The fourth-order valence-corrected chi connectivity index (χ4v) is 5.52. The molecule has 0 aromatic heterocycles. The van der Waals surface area contributed by atoms with Crippen molar-refractivity contribution in [2.45, 2.75) is 37.1 Å². The van der Waals surface area contributed by atoms with Gasteiger partial charge in [-0.2, -0.15) is 13.2 Å². The summed E-state index contributed by atoms with van der Waals surface area (Å²) in [6.45, 7) is 0.902. The van der Waals surface area contributed by atoms with Crippen molar-refractivity contribution in [3.63, 3.8) is 0 Å². The second-order valence-corrected chi connectivity index (χ2v) is 9.50. The molecular weight excluding hydrogens is 510 g/mol. The first-order valence-corrected chi connectivity index (χ1v) is 11.8. The third-order valence-corrected chi connectivity index (χ3v) is 7.23. The quantitative estimate of drug-likeness (QED) is 0.463. The number of carboxylic acid groups (broad SMARTS) is 1. The number of halogens is 4. The van der Waals surface area contributed by atoms with Gasteiger partial charge in [0.25, 0.3) is 0 Å². The second kappa shape index (κ2) is 10.2. The first-order chi connectivity index (χ1) is 17.9. The average Bonchev–Trinajstić information content (AvgIpc) is 3.33. The predicted molar refractivity (Wildman–Crippen MR) is 125 cm³/mol. The number of carbonyl (C=O) groups excluding carboxylic acids is 3. The fourth-order valence-electron chi connectivity index (χ4n) is 5.52. The standard InChI is InChI=1S/C24H24FN3O3.C2HF3O2/c1-27-21(29)18-19(22(27)30)24(26-20(18)16-6-3-2-4-7-16)12-5-13-28(23(24)31)14-15-8-10-17(25)11-9-15;3-2(4,5)1(6)7/h2-4,6-11,18-20,26H,5,12-14H2,1H3;(H,6,7)/t18-,19-,20-,24-;/m1./s1.